The summed E-state index contributed by atoms with van der Waals surface area (Å²) >= 11 is 13.1. The van der Waals surface area contributed by atoms with Crippen molar-refractivity contribution in [2.45, 2.75) is 11.8 Å². The number of anilines is 1. The van der Waals surface area contributed by atoms with Gasteiger partial charge >= 0.3 is 0 Å². The predicted molar refractivity (Wildman–Crippen MR) is 105 cm³/mol. The summed E-state index contributed by atoms with van der Waals surface area (Å²) in [5.41, 5.74) is 0.443. The molecule has 0 atom stereocenters. The van der Waals surface area contributed by atoms with Gasteiger partial charge in [-0.3, -0.25) is 4.79 Å². The van der Waals surface area contributed by atoms with Crippen molar-refractivity contribution < 1.29 is 13.9 Å². The second-order valence-corrected chi connectivity index (χ2v) is 7.21. The zero-order chi connectivity index (χ0) is 20.1. The van der Waals surface area contributed by atoms with E-state index in [1.54, 1.807) is 23.7 Å². The van der Waals surface area contributed by atoms with Crippen molar-refractivity contribution in [3.8, 4) is 5.75 Å². The zero-order valence-electron chi connectivity index (χ0n) is 14.5. The van der Waals surface area contributed by atoms with E-state index >= 15 is 0 Å². The fourth-order valence-electron chi connectivity index (χ4n) is 2.13. The lowest BCUT2D eigenvalue weighted by Gasteiger charge is -2.08. The fraction of sp³-hybridized carbons (Fsp3) is 0.176. The van der Waals surface area contributed by atoms with Gasteiger partial charge in [0, 0.05) is 13.2 Å². The largest absolute Gasteiger partial charge is 0.484 e. The van der Waals surface area contributed by atoms with Gasteiger partial charge in [-0.25, -0.2) is 9.37 Å². The highest BCUT2D eigenvalue weighted by Crippen LogP contribution is 2.26. The molecule has 2 aromatic heterocycles. The van der Waals surface area contributed by atoms with Gasteiger partial charge < -0.3 is 14.6 Å². The Kier molecular flexibility index (Phi) is 6.71. The molecule has 0 fully saturated rings. The number of carbonyl (C=O) groups is 1. The van der Waals surface area contributed by atoms with Crippen LogP contribution < -0.4 is 10.1 Å². The summed E-state index contributed by atoms with van der Waals surface area (Å²) in [6, 6.07) is 7.21. The summed E-state index contributed by atoms with van der Waals surface area (Å²) < 4.78 is 20.3. The Morgan fingerprint density at radius 3 is 2.89 bits per heavy atom. The highest BCUT2D eigenvalue weighted by molar-refractivity contribution is 7.99. The minimum absolute atomic E-state index is 0.0902. The number of aromatic nitrogens is 4. The molecule has 0 bridgehead atoms. The van der Waals surface area contributed by atoms with E-state index < -0.39 is 5.82 Å². The number of amides is 1. The lowest BCUT2D eigenvalue weighted by atomic mass is 10.3. The molecule has 3 aromatic rings. The Morgan fingerprint density at radius 1 is 1.32 bits per heavy atom. The molecule has 0 saturated heterocycles. The molecule has 0 aliphatic rings. The Hall–Kier alpha value is -2.36. The first-order valence-corrected chi connectivity index (χ1v) is 9.67. The van der Waals surface area contributed by atoms with Crippen LogP contribution in [0.2, 0.25) is 10.2 Å². The molecule has 0 radical (unpaired) electrons. The van der Waals surface area contributed by atoms with Crippen molar-refractivity contribution in [2.24, 2.45) is 7.05 Å². The van der Waals surface area contributed by atoms with Crippen LogP contribution in [0.1, 0.15) is 5.82 Å². The summed E-state index contributed by atoms with van der Waals surface area (Å²) in [5.74, 6) is 0.285. The van der Waals surface area contributed by atoms with Crippen LogP contribution in [0, 0.1) is 5.82 Å². The Balaban J connectivity index is 1.55. The van der Waals surface area contributed by atoms with Crippen LogP contribution in [0.3, 0.4) is 0 Å². The average Bonchev–Trinajstić information content (AvgIpc) is 3.01. The average molecular weight is 442 g/mol. The molecular formula is C17H14Cl2FN5O2S. The number of ether oxygens (including phenoxy) is 1. The van der Waals surface area contributed by atoms with E-state index in [1.165, 1.54) is 36.2 Å². The Morgan fingerprint density at radius 2 is 2.14 bits per heavy atom. The summed E-state index contributed by atoms with van der Waals surface area (Å²) in [6.45, 7) is 0.0902. The van der Waals surface area contributed by atoms with Crippen LogP contribution in [-0.2, 0) is 18.4 Å². The van der Waals surface area contributed by atoms with E-state index in [2.05, 4.69) is 20.5 Å². The molecule has 1 amide bonds. The smallest absolute Gasteiger partial charge is 0.234 e. The van der Waals surface area contributed by atoms with Crippen molar-refractivity contribution in [3.63, 3.8) is 0 Å². The van der Waals surface area contributed by atoms with Gasteiger partial charge in [-0.05, 0) is 30.3 Å². The minimum Gasteiger partial charge on any atom is -0.484 e. The van der Waals surface area contributed by atoms with Crippen molar-refractivity contribution in [1.82, 2.24) is 19.7 Å². The zero-order valence-corrected chi connectivity index (χ0v) is 16.9. The summed E-state index contributed by atoms with van der Waals surface area (Å²) in [5, 5.41) is 11.7. The molecule has 28 heavy (non-hydrogen) atoms. The molecule has 1 aromatic carbocycles. The minimum atomic E-state index is -0.444. The van der Waals surface area contributed by atoms with Crippen molar-refractivity contribution in [1.29, 1.82) is 0 Å². The van der Waals surface area contributed by atoms with Crippen molar-refractivity contribution in [2.75, 3.05) is 11.1 Å². The molecule has 3 rings (SSSR count). The number of hydrogen-bond donors (Lipinski definition) is 1. The fourth-order valence-corrected chi connectivity index (χ4v) is 3.24. The topological polar surface area (TPSA) is 81.9 Å². The molecule has 0 aliphatic carbocycles. The van der Waals surface area contributed by atoms with Crippen LogP contribution >= 0.6 is 35.0 Å². The SMILES string of the molecule is Cn1c(COc2ccc(F)cc2Cl)nnc1SCC(=O)Nc1cccnc1Cl. The van der Waals surface area contributed by atoms with Crippen LogP contribution in [-0.4, -0.2) is 31.4 Å². The molecule has 7 nitrogen and oxygen atoms in total. The van der Waals surface area contributed by atoms with E-state index in [9.17, 15) is 9.18 Å². The third-order valence-electron chi connectivity index (χ3n) is 3.54. The number of pyridine rings is 1. The van der Waals surface area contributed by atoms with Gasteiger partial charge in [0.2, 0.25) is 5.91 Å². The van der Waals surface area contributed by atoms with Gasteiger partial charge in [0.05, 0.1) is 16.5 Å². The van der Waals surface area contributed by atoms with Crippen LogP contribution in [0.4, 0.5) is 10.1 Å². The number of nitrogens with one attached hydrogen (secondary N) is 1. The standard InChI is InChI=1S/C17H14Cl2FN5O2S/c1-25-14(8-27-13-5-4-10(20)7-11(13)18)23-24-17(25)28-9-15(26)22-12-3-2-6-21-16(12)19/h2-7H,8-9H2,1H3,(H,22,26). The van der Waals surface area contributed by atoms with Gasteiger partial charge in [0.1, 0.15) is 18.2 Å². The first kappa shape index (κ1) is 20.4. The highest BCUT2D eigenvalue weighted by Gasteiger charge is 2.14. The molecule has 11 heteroatoms. The first-order valence-electron chi connectivity index (χ1n) is 7.93. The van der Waals surface area contributed by atoms with E-state index in [0.29, 0.717) is 22.4 Å². The monoisotopic (exact) mass is 441 g/mol. The number of hydrogen-bond acceptors (Lipinski definition) is 6. The molecule has 0 unspecified atom stereocenters. The molecule has 2 heterocycles. The maximum atomic E-state index is 13.1. The summed E-state index contributed by atoms with van der Waals surface area (Å²) in [4.78, 5) is 16.0. The lowest BCUT2D eigenvalue weighted by molar-refractivity contribution is -0.113. The second-order valence-electron chi connectivity index (χ2n) is 5.50. The van der Waals surface area contributed by atoms with Crippen molar-refractivity contribution in [3.05, 3.63) is 58.3 Å². The van der Waals surface area contributed by atoms with Gasteiger partial charge in [-0.1, -0.05) is 35.0 Å². The quantitative estimate of drug-likeness (QED) is 0.441. The Bertz CT molecular complexity index is 1000. The third kappa shape index (κ3) is 5.12. The number of rotatable bonds is 7. The molecule has 146 valence electrons. The number of thioether (sulfide) groups is 1. The molecular weight excluding hydrogens is 428 g/mol. The third-order valence-corrected chi connectivity index (χ3v) is 5.16. The number of halogens is 3. The summed E-state index contributed by atoms with van der Waals surface area (Å²) in [6.07, 6.45) is 1.54. The van der Waals surface area contributed by atoms with Crippen LogP contribution in [0.5, 0.6) is 5.75 Å². The van der Waals surface area contributed by atoms with Gasteiger partial charge in [-0.15, -0.1) is 10.2 Å². The molecule has 0 saturated carbocycles. The van der Waals surface area contributed by atoms with E-state index in [1.807, 2.05) is 0 Å². The van der Waals surface area contributed by atoms with Crippen molar-refractivity contribution >= 4 is 46.6 Å². The van der Waals surface area contributed by atoms with E-state index in [-0.39, 0.29) is 28.4 Å². The second kappa shape index (κ2) is 9.22. The first-order chi connectivity index (χ1) is 13.4. The lowest BCUT2D eigenvalue weighted by Crippen LogP contribution is -2.15. The van der Waals surface area contributed by atoms with Gasteiger partial charge in [0.25, 0.3) is 0 Å². The van der Waals surface area contributed by atoms with E-state index in [0.717, 1.165) is 0 Å². The van der Waals surface area contributed by atoms with Crippen LogP contribution in [0.25, 0.3) is 0 Å². The normalized spacial score (nSPS) is 10.7. The number of benzene rings is 1. The van der Waals surface area contributed by atoms with Gasteiger partial charge in [-0.2, -0.15) is 0 Å². The molecule has 1 N–H and O–H groups in total. The molecule has 0 aliphatic heterocycles. The maximum Gasteiger partial charge on any atom is 0.234 e. The number of carbonyl (C=O) groups excluding carboxylic acids is 1. The number of nitrogens with zero attached hydrogens (tertiary/aromatic N) is 4. The molecule has 0 spiro atoms. The van der Waals surface area contributed by atoms with Crippen LogP contribution in [0.15, 0.2) is 41.7 Å². The summed E-state index contributed by atoms with van der Waals surface area (Å²) in [7, 11) is 1.75. The Labute approximate surface area is 174 Å². The van der Waals surface area contributed by atoms with E-state index in [4.69, 9.17) is 27.9 Å². The predicted octanol–water partition coefficient (Wildman–Crippen LogP) is 3.97. The maximum absolute atomic E-state index is 13.1. The highest BCUT2D eigenvalue weighted by atomic mass is 35.5. The van der Waals surface area contributed by atoms with Gasteiger partial charge in [0.15, 0.2) is 16.1 Å².